The number of sulfonamides is 1. The van der Waals surface area contributed by atoms with Crippen LogP contribution in [0.25, 0.3) is 0 Å². The van der Waals surface area contributed by atoms with Crippen LogP contribution in [0.4, 0.5) is 0 Å². The van der Waals surface area contributed by atoms with E-state index in [1.807, 2.05) is 4.90 Å². The minimum Gasteiger partial charge on any atom is -0.342 e. The molecule has 0 radical (unpaired) electrons. The van der Waals surface area contributed by atoms with E-state index >= 15 is 0 Å². The molecular formula is C15H28N2O3S. The Morgan fingerprint density at radius 2 is 1.76 bits per heavy atom. The van der Waals surface area contributed by atoms with Crippen LogP contribution in [-0.4, -0.2) is 38.1 Å². The Hall–Kier alpha value is -0.620. The lowest BCUT2D eigenvalue weighted by Gasteiger charge is -2.32. The first-order valence-electron chi connectivity index (χ1n) is 8.22. The molecule has 21 heavy (non-hydrogen) atoms. The molecule has 0 aromatic rings. The average Bonchev–Trinajstić information content (AvgIpc) is 2.90. The molecule has 0 aromatic carbocycles. The number of primary sulfonamides is 1. The highest BCUT2D eigenvalue weighted by Crippen LogP contribution is 2.29. The first-order chi connectivity index (χ1) is 9.94. The van der Waals surface area contributed by atoms with E-state index in [1.54, 1.807) is 0 Å². The molecule has 0 bridgehead atoms. The number of likely N-dealkylation sites (tertiary alicyclic amines) is 1. The van der Waals surface area contributed by atoms with Crippen LogP contribution in [0.3, 0.4) is 0 Å². The summed E-state index contributed by atoms with van der Waals surface area (Å²) in [6.07, 6.45) is 9.83. The summed E-state index contributed by atoms with van der Waals surface area (Å²) >= 11 is 0. The molecule has 1 aliphatic heterocycles. The lowest BCUT2D eigenvalue weighted by Crippen LogP contribution is -2.42. The standard InChI is InChI=1S/C15H28N2O3S/c16-21(19,20)12-14-8-4-10-17(11-14)15(18)9-3-7-13-5-1-2-6-13/h13-14H,1-12H2,(H2,16,19,20)/t14-/m0/s1. The van der Waals surface area contributed by atoms with Gasteiger partial charge in [0.15, 0.2) is 0 Å². The minimum atomic E-state index is -3.44. The van der Waals surface area contributed by atoms with Gasteiger partial charge >= 0.3 is 0 Å². The Labute approximate surface area is 128 Å². The molecule has 0 aromatic heterocycles. The molecule has 0 spiro atoms. The predicted molar refractivity (Wildman–Crippen MR) is 83.1 cm³/mol. The second kappa shape index (κ2) is 7.58. The smallest absolute Gasteiger partial charge is 0.222 e. The second-order valence-corrected chi connectivity index (χ2v) is 8.38. The third-order valence-corrected chi connectivity index (χ3v) is 5.75. The van der Waals surface area contributed by atoms with Gasteiger partial charge in [0.25, 0.3) is 0 Å². The van der Waals surface area contributed by atoms with Crippen molar-refractivity contribution in [1.29, 1.82) is 0 Å². The maximum absolute atomic E-state index is 12.2. The molecule has 1 aliphatic carbocycles. The van der Waals surface area contributed by atoms with Gasteiger partial charge in [-0.3, -0.25) is 4.79 Å². The molecule has 5 nitrogen and oxygen atoms in total. The van der Waals surface area contributed by atoms with Crippen molar-refractivity contribution >= 4 is 15.9 Å². The number of piperidine rings is 1. The maximum Gasteiger partial charge on any atom is 0.222 e. The fourth-order valence-corrected chi connectivity index (χ4v) is 4.68. The number of nitrogens with zero attached hydrogens (tertiary/aromatic N) is 1. The number of rotatable bonds is 6. The van der Waals surface area contributed by atoms with Gasteiger partial charge in [0, 0.05) is 19.5 Å². The molecule has 122 valence electrons. The molecular weight excluding hydrogens is 288 g/mol. The molecule has 2 aliphatic rings. The van der Waals surface area contributed by atoms with E-state index in [1.165, 1.54) is 32.1 Å². The van der Waals surface area contributed by atoms with E-state index in [9.17, 15) is 13.2 Å². The van der Waals surface area contributed by atoms with Crippen LogP contribution >= 0.6 is 0 Å². The summed E-state index contributed by atoms with van der Waals surface area (Å²) in [4.78, 5) is 14.1. The highest BCUT2D eigenvalue weighted by Gasteiger charge is 2.26. The van der Waals surface area contributed by atoms with Crippen LogP contribution < -0.4 is 5.14 Å². The Kier molecular flexibility index (Phi) is 6.05. The quantitative estimate of drug-likeness (QED) is 0.812. The zero-order chi connectivity index (χ0) is 15.3. The van der Waals surface area contributed by atoms with Crippen LogP contribution in [0.5, 0.6) is 0 Å². The largest absolute Gasteiger partial charge is 0.342 e. The van der Waals surface area contributed by atoms with E-state index in [0.717, 1.165) is 31.7 Å². The first-order valence-corrected chi connectivity index (χ1v) is 9.94. The van der Waals surface area contributed by atoms with Gasteiger partial charge in [-0.05, 0) is 37.5 Å². The third kappa shape index (κ3) is 5.94. The summed E-state index contributed by atoms with van der Waals surface area (Å²) < 4.78 is 22.3. The number of carbonyl (C=O) groups excluding carboxylic acids is 1. The van der Waals surface area contributed by atoms with Gasteiger partial charge in [-0.2, -0.15) is 0 Å². The van der Waals surface area contributed by atoms with Crippen LogP contribution in [-0.2, 0) is 14.8 Å². The lowest BCUT2D eigenvalue weighted by atomic mass is 9.98. The van der Waals surface area contributed by atoms with Gasteiger partial charge in [0.2, 0.25) is 15.9 Å². The summed E-state index contributed by atoms with van der Waals surface area (Å²) in [6, 6.07) is 0. The monoisotopic (exact) mass is 316 g/mol. The van der Waals surface area contributed by atoms with E-state index < -0.39 is 10.0 Å². The zero-order valence-electron chi connectivity index (χ0n) is 12.8. The number of hydrogen-bond donors (Lipinski definition) is 1. The fraction of sp³-hybridized carbons (Fsp3) is 0.933. The highest BCUT2D eigenvalue weighted by atomic mass is 32.2. The Balaban J connectivity index is 1.71. The van der Waals surface area contributed by atoms with E-state index in [4.69, 9.17) is 5.14 Å². The van der Waals surface area contributed by atoms with Crippen molar-refractivity contribution < 1.29 is 13.2 Å². The van der Waals surface area contributed by atoms with Gasteiger partial charge in [0.1, 0.15) is 0 Å². The van der Waals surface area contributed by atoms with Crippen molar-refractivity contribution in [1.82, 2.24) is 4.90 Å². The Morgan fingerprint density at radius 1 is 1.10 bits per heavy atom. The average molecular weight is 316 g/mol. The van der Waals surface area contributed by atoms with Crippen molar-refractivity contribution in [3.63, 3.8) is 0 Å². The van der Waals surface area contributed by atoms with Gasteiger partial charge in [-0.1, -0.05) is 25.7 Å². The molecule has 2 fully saturated rings. The molecule has 1 atom stereocenters. The van der Waals surface area contributed by atoms with Crippen molar-refractivity contribution in [2.45, 2.75) is 57.8 Å². The number of nitrogens with two attached hydrogens (primary N) is 1. The van der Waals surface area contributed by atoms with Gasteiger partial charge in [0.05, 0.1) is 5.75 Å². The van der Waals surface area contributed by atoms with E-state index in [0.29, 0.717) is 13.0 Å². The van der Waals surface area contributed by atoms with Crippen molar-refractivity contribution in [3.05, 3.63) is 0 Å². The molecule has 6 heteroatoms. The van der Waals surface area contributed by atoms with Crippen molar-refractivity contribution in [3.8, 4) is 0 Å². The Morgan fingerprint density at radius 3 is 2.43 bits per heavy atom. The maximum atomic E-state index is 12.2. The van der Waals surface area contributed by atoms with E-state index in [-0.39, 0.29) is 17.6 Å². The Bertz CT molecular complexity index is 444. The molecule has 1 heterocycles. The predicted octanol–water partition coefficient (Wildman–Crippen LogP) is 1.87. The fourth-order valence-electron chi connectivity index (χ4n) is 3.76. The number of amides is 1. The van der Waals surface area contributed by atoms with Crippen LogP contribution in [0, 0.1) is 11.8 Å². The van der Waals surface area contributed by atoms with Gasteiger partial charge in [-0.15, -0.1) is 0 Å². The summed E-state index contributed by atoms with van der Waals surface area (Å²) in [6.45, 7) is 1.32. The second-order valence-electron chi connectivity index (χ2n) is 6.72. The molecule has 1 saturated heterocycles. The molecule has 1 saturated carbocycles. The number of carbonyl (C=O) groups is 1. The summed E-state index contributed by atoms with van der Waals surface area (Å²) in [7, 11) is -3.44. The van der Waals surface area contributed by atoms with Crippen LogP contribution in [0.1, 0.15) is 57.8 Å². The molecule has 2 N–H and O–H groups in total. The summed E-state index contributed by atoms with van der Waals surface area (Å²) in [5, 5.41) is 5.11. The first kappa shape index (κ1) is 16.7. The summed E-state index contributed by atoms with van der Waals surface area (Å²) in [5.41, 5.74) is 0. The van der Waals surface area contributed by atoms with Crippen LogP contribution in [0.15, 0.2) is 0 Å². The zero-order valence-corrected chi connectivity index (χ0v) is 13.6. The topological polar surface area (TPSA) is 80.5 Å². The number of hydrogen-bond acceptors (Lipinski definition) is 3. The SMILES string of the molecule is NS(=O)(=O)C[C@H]1CCCN(C(=O)CCCC2CCCC2)C1. The van der Waals surface area contributed by atoms with E-state index in [2.05, 4.69) is 0 Å². The van der Waals surface area contributed by atoms with Crippen molar-refractivity contribution in [2.75, 3.05) is 18.8 Å². The minimum absolute atomic E-state index is 0.00114. The summed E-state index contributed by atoms with van der Waals surface area (Å²) in [5.74, 6) is 1.02. The van der Waals surface area contributed by atoms with Gasteiger partial charge < -0.3 is 4.90 Å². The molecule has 1 amide bonds. The lowest BCUT2D eigenvalue weighted by molar-refractivity contribution is -0.133. The molecule has 0 unspecified atom stereocenters. The highest BCUT2D eigenvalue weighted by molar-refractivity contribution is 7.89. The molecule has 2 rings (SSSR count). The van der Waals surface area contributed by atoms with Crippen LogP contribution in [0.2, 0.25) is 0 Å². The van der Waals surface area contributed by atoms with Crippen molar-refractivity contribution in [2.24, 2.45) is 17.0 Å². The third-order valence-electron chi connectivity index (χ3n) is 4.82. The normalized spacial score (nSPS) is 24.4. The van der Waals surface area contributed by atoms with Gasteiger partial charge in [-0.25, -0.2) is 13.6 Å².